The van der Waals surface area contributed by atoms with Crippen LogP contribution in [0.3, 0.4) is 0 Å². The van der Waals surface area contributed by atoms with Crippen molar-refractivity contribution in [2.75, 3.05) is 0 Å². The van der Waals surface area contributed by atoms with Crippen molar-refractivity contribution in [1.29, 1.82) is 0 Å². The number of hydrogen-bond donors (Lipinski definition) is 0. The van der Waals surface area contributed by atoms with Gasteiger partial charge in [-0.05, 0) is 24.3 Å². The quantitative estimate of drug-likeness (QED) is 0.508. The van der Waals surface area contributed by atoms with Gasteiger partial charge in [-0.25, -0.2) is 9.37 Å². The Labute approximate surface area is 119 Å². The predicted molar refractivity (Wildman–Crippen MR) is 77.1 cm³/mol. The van der Waals surface area contributed by atoms with Crippen LogP contribution in [0.5, 0.6) is 0 Å². The molecule has 1 aromatic heterocycles. The Hall–Kier alpha value is -2.82. The second-order valence-electron chi connectivity index (χ2n) is 4.64. The summed E-state index contributed by atoms with van der Waals surface area (Å²) in [5.41, 5.74) is -0.119. The predicted octanol–water partition coefficient (Wildman–Crippen LogP) is 2.34. The zero-order valence-electron chi connectivity index (χ0n) is 11.2. The maximum absolute atomic E-state index is 14.1. The average Bonchev–Trinajstić information content (AvgIpc) is 2.58. The van der Waals surface area contributed by atoms with E-state index >= 15 is 0 Å². The third kappa shape index (κ3) is 2.12. The van der Waals surface area contributed by atoms with Gasteiger partial charge in [0, 0.05) is 6.92 Å². The van der Waals surface area contributed by atoms with Gasteiger partial charge >= 0.3 is 5.56 Å². The van der Waals surface area contributed by atoms with Crippen LogP contribution in [0.2, 0.25) is 0 Å². The van der Waals surface area contributed by atoms with E-state index in [9.17, 15) is 14.4 Å². The van der Waals surface area contributed by atoms with Crippen LogP contribution in [0.4, 0.5) is 4.39 Å². The number of halogens is 1. The number of para-hydroxylation sites is 1. The molecule has 4 nitrogen and oxygen atoms in total. The van der Waals surface area contributed by atoms with E-state index in [0.29, 0.717) is 15.6 Å². The van der Waals surface area contributed by atoms with Crippen molar-refractivity contribution in [2.45, 2.75) is 6.92 Å². The van der Waals surface area contributed by atoms with Crippen LogP contribution in [-0.2, 0) is 0 Å². The van der Waals surface area contributed by atoms with E-state index in [4.69, 9.17) is 0 Å². The molecule has 5 heteroatoms. The van der Waals surface area contributed by atoms with Gasteiger partial charge in [0.15, 0.2) is 0 Å². The van der Waals surface area contributed by atoms with E-state index < -0.39 is 11.4 Å². The normalized spacial score (nSPS) is 10.8. The second kappa shape index (κ2) is 4.94. The minimum absolute atomic E-state index is 0.0931. The summed E-state index contributed by atoms with van der Waals surface area (Å²) in [5, 5.41) is 12.9. The van der Waals surface area contributed by atoms with Crippen LogP contribution < -0.4 is 10.3 Å². The molecule has 3 aromatic rings. The zero-order chi connectivity index (χ0) is 15.0. The summed E-state index contributed by atoms with van der Waals surface area (Å²) in [6.45, 7) is 1.38. The first-order chi connectivity index (χ1) is 10.1. The monoisotopic (exact) mass is 282 g/mol. The molecule has 0 bridgehead atoms. The summed E-state index contributed by atoms with van der Waals surface area (Å²) < 4.78 is 14.5. The minimum atomic E-state index is -0.621. The Kier molecular flexibility index (Phi) is 3.10. The Morgan fingerprint density at radius 1 is 1.10 bits per heavy atom. The summed E-state index contributed by atoms with van der Waals surface area (Å²) in [4.78, 5) is 15.8. The lowest BCUT2D eigenvalue weighted by Gasteiger charge is -2.05. The molecule has 0 atom stereocenters. The summed E-state index contributed by atoms with van der Waals surface area (Å²) >= 11 is 0. The van der Waals surface area contributed by atoms with E-state index in [1.54, 1.807) is 36.4 Å². The van der Waals surface area contributed by atoms with E-state index in [1.807, 2.05) is 0 Å². The average molecular weight is 282 g/mol. The third-order valence-electron chi connectivity index (χ3n) is 3.33. The van der Waals surface area contributed by atoms with Crippen LogP contribution in [0.25, 0.3) is 22.2 Å². The SMILES string of the molecule is Cc1c(=O)nc2ccccc2c(-c2ccccc2F)[n+]1[O-]. The van der Waals surface area contributed by atoms with Crippen molar-refractivity contribution in [3.05, 3.63) is 75.6 Å². The van der Waals surface area contributed by atoms with Gasteiger partial charge in [-0.3, -0.25) is 4.79 Å². The van der Waals surface area contributed by atoms with Gasteiger partial charge in [0.05, 0.1) is 16.5 Å². The summed E-state index contributed by atoms with van der Waals surface area (Å²) in [6.07, 6.45) is 0. The molecule has 0 N–H and O–H groups in total. The van der Waals surface area contributed by atoms with Crippen LogP contribution in [0.1, 0.15) is 5.69 Å². The van der Waals surface area contributed by atoms with Gasteiger partial charge in [0.1, 0.15) is 5.82 Å². The number of benzene rings is 2. The molecule has 104 valence electrons. The van der Waals surface area contributed by atoms with Gasteiger partial charge in [0.25, 0.3) is 5.69 Å². The van der Waals surface area contributed by atoms with Crippen LogP contribution >= 0.6 is 0 Å². The smallest absolute Gasteiger partial charge is 0.338 e. The molecule has 0 amide bonds. The largest absolute Gasteiger partial charge is 0.618 e. The lowest BCUT2D eigenvalue weighted by Crippen LogP contribution is -2.36. The van der Waals surface area contributed by atoms with Crippen LogP contribution in [0, 0.1) is 17.9 Å². The molecule has 3 rings (SSSR count). The number of rotatable bonds is 1. The standard InChI is InChI=1S/C16H11FN2O2/c1-10-16(20)18-14-9-5-3-7-12(14)15(19(10)21)11-6-2-4-8-13(11)17/h2-9H,1H3. The number of fused-ring (bicyclic) bond motifs is 1. The molecular weight excluding hydrogens is 271 g/mol. The fraction of sp³-hybridized carbons (Fsp3) is 0.0625. The zero-order valence-corrected chi connectivity index (χ0v) is 11.2. The summed E-state index contributed by atoms with van der Waals surface area (Å²) in [7, 11) is 0. The third-order valence-corrected chi connectivity index (χ3v) is 3.33. The molecule has 0 saturated heterocycles. The maximum atomic E-state index is 14.1. The van der Waals surface area contributed by atoms with Gasteiger partial charge in [-0.1, -0.05) is 24.3 Å². The Morgan fingerprint density at radius 3 is 2.52 bits per heavy atom. The number of aromatic nitrogens is 2. The van der Waals surface area contributed by atoms with Gasteiger partial charge < -0.3 is 5.21 Å². The lowest BCUT2D eigenvalue weighted by molar-refractivity contribution is -0.599. The minimum Gasteiger partial charge on any atom is -0.618 e. The molecule has 0 aliphatic carbocycles. The molecule has 21 heavy (non-hydrogen) atoms. The first-order valence-electron chi connectivity index (χ1n) is 6.37. The van der Waals surface area contributed by atoms with Crippen molar-refractivity contribution in [3.63, 3.8) is 0 Å². The fourth-order valence-electron chi connectivity index (χ4n) is 2.23. The van der Waals surface area contributed by atoms with Gasteiger partial charge in [0.2, 0.25) is 5.69 Å². The van der Waals surface area contributed by atoms with Crippen molar-refractivity contribution in [1.82, 2.24) is 4.98 Å². The Balaban J connectivity index is 2.59. The van der Waals surface area contributed by atoms with Crippen LogP contribution in [0.15, 0.2) is 53.3 Å². The highest BCUT2D eigenvalue weighted by molar-refractivity contribution is 5.90. The van der Waals surface area contributed by atoms with Crippen LogP contribution in [-0.4, -0.2) is 4.98 Å². The van der Waals surface area contributed by atoms with E-state index in [1.165, 1.54) is 19.1 Å². The van der Waals surface area contributed by atoms with Gasteiger partial charge in [-0.2, -0.15) is 4.73 Å². The fourth-order valence-corrected chi connectivity index (χ4v) is 2.23. The molecule has 0 saturated carbocycles. The highest BCUT2D eigenvalue weighted by Gasteiger charge is 2.20. The second-order valence-corrected chi connectivity index (χ2v) is 4.64. The van der Waals surface area contributed by atoms with Crippen molar-refractivity contribution < 1.29 is 9.12 Å². The molecule has 1 heterocycles. The highest BCUT2D eigenvalue weighted by Crippen LogP contribution is 2.25. The summed E-state index contributed by atoms with van der Waals surface area (Å²) in [6, 6.07) is 12.7. The molecule has 0 fully saturated rings. The molecule has 0 aliphatic heterocycles. The Bertz CT molecular complexity index is 910. The maximum Gasteiger partial charge on any atom is 0.338 e. The first-order valence-corrected chi connectivity index (χ1v) is 6.37. The lowest BCUT2D eigenvalue weighted by atomic mass is 10.1. The van der Waals surface area contributed by atoms with Gasteiger partial charge in [-0.15, -0.1) is 0 Å². The molecule has 2 aromatic carbocycles. The number of hydrogen-bond acceptors (Lipinski definition) is 3. The topological polar surface area (TPSA) is 56.9 Å². The molecule has 0 aliphatic rings. The highest BCUT2D eigenvalue weighted by atomic mass is 19.1. The van der Waals surface area contributed by atoms with E-state index in [2.05, 4.69) is 4.98 Å². The van der Waals surface area contributed by atoms with Crippen molar-refractivity contribution in [3.8, 4) is 11.3 Å². The Morgan fingerprint density at radius 2 is 1.76 bits per heavy atom. The van der Waals surface area contributed by atoms with E-state index in [-0.39, 0.29) is 17.0 Å². The summed E-state index contributed by atoms with van der Waals surface area (Å²) in [5.74, 6) is -0.523. The molecular formula is C16H11FN2O2. The molecule has 0 spiro atoms. The molecule has 0 unspecified atom stereocenters. The van der Waals surface area contributed by atoms with E-state index in [0.717, 1.165) is 0 Å². The number of nitrogens with zero attached hydrogens (tertiary/aromatic N) is 2. The van der Waals surface area contributed by atoms with Crippen molar-refractivity contribution in [2.24, 2.45) is 0 Å². The van der Waals surface area contributed by atoms with Crippen molar-refractivity contribution >= 4 is 10.9 Å². The first kappa shape index (κ1) is 13.2. The molecule has 0 radical (unpaired) electrons.